The SMILES string of the molecule is CCOc1nocc1C(=O)O. The Morgan fingerprint density at radius 1 is 1.91 bits per heavy atom. The van der Waals surface area contributed by atoms with Crippen LogP contribution in [0.1, 0.15) is 17.3 Å². The van der Waals surface area contributed by atoms with Crippen LogP contribution in [0.25, 0.3) is 0 Å². The van der Waals surface area contributed by atoms with Crippen molar-refractivity contribution in [3.8, 4) is 5.88 Å². The third-order valence-corrected chi connectivity index (χ3v) is 1.05. The molecule has 0 bridgehead atoms. The molecule has 0 radical (unpaired) electrons. The molecule has 1 heterocycles. The standard InChI is InChI=1S/C6H7NO4/c1-2-10-5-4(6(8)9)3-11-7-5/h3H,2H2,1H3,(H,8,9). The zero-order valence-corrected chi connectivity index (χ0v) is 5.90. The van der Waals surface area contributed by atoms with Gasteiger partial charge in [0.2, 0.25) is 0 Å². The van der Waals surface area contributed by atoms with Gasteiger partial charge in [-0.2, -0.15) is 0 Å². The molecule has 1 N–H and O–H groups in total. The van der Waals surface area contributed by atoms with Crippen LogP contribution in [0.15, 0.2) is 10.8 Å². The third kappa shape index (κ3) is 1.49. The summed E-state index contributed by atoms with van der Waals surface area (Å²) in [5, 5.41) is 11.9. The lowest BCUT2D eigenvalue weighted by atomic mass is 10.4. The molecule has 0 fully saturated rings. The molecule has 0 aliphatic heterocycles. The molecular weight excluding hydrogens is 150 g/mol. The highest BCUT2D eigenvalue weighted by Crippen LogP contribution is 2.14. The van der Waals surface area contributed by atoms with E-state index in [0.717, 1.165) is 6.26 Å². The maximum atomic E-state index is 10.4. The molecule has 0 aliphatic carbocycles. The second-order valence-corrected chi connectivity index (χ2v) is 1.77. The molecule has 5 heteroatoms. The van der Waals surface area contributed by atoms with Crippen molar-refractivity contribution in [2.45, 2.75) is 6.92 Å². The van der Waals surface area contributed by atoms with Crippen LogP contribution in [0.3, 0.4) is 0 Å². The molecule has 1 rings (SSSR count). The van der Waals surface area contributed by atoms with Gasteiger partial charge in [0.15, 0.2) is 5.56 Å². The molecule has 5 nitrogen and oxygen atoms in total. The van der Waals surface area contributed by atoms with Gasteiger partial charge < -0.3 is 14.4 Å². The van der Waals surface area contributed by atoms with Crippen LogP contribution < -0.4 is 4.74 Å². The summed E-state index contributed by atoms with van der Waals surface area (Å²) < 4.78 is 9.26. The molecule has 0 aromatic carbocycles. The fraction of sp³-hybridized carbons (Fsp3) is 0.333. The Morgan fingerprint density at radius 2 is 2.64 bits per heavy atom. The van der Waals surface area contributed by atoms with Crippen LogP contribution in [0.5, 0.6) is 5.88 Å². The van der Waals surface area contributed by atoms with Crippen LogP contribution >= 0.6 is 0 Å². The van der Waals surface area contributed by atoms with Crippen molar-refractivity contribution in [3.63, 3.8) is 0 Å². The Kier molecular flexibility index (Phi) is 2.10. The van der Waals surface area contributed by atoms with Crippen molar-refractivity contribution in [2.75, 3.05) is 6.61 Å². The summed E-state index contributed by atoms with van der Waals surface area (Å²) in [5.41, 5.74) is -0.0492. The largest absolute Gasteiger partial charge is 0.477 e. The molecule has 0 atom stereocenters. The average Bonchev–Trinajstić information content (AvgIpc) is 2.36. The van der Waals surface area contributed by atoms with E-state index in [9.17, 15) is 4.79 Å². The minimum absolute atomic E-state index is 0.0278. The lowest BCUT2D eigenvalue weighted by molar-refractivity contribution is 0.0692. The first-order valence-electron chi connectivity index (χ1n) is 3.06. The monoisotopic (exact) mass is 157 g/mol. The third-order valence-electron chi connectivity index (χ3n) is 1.05. The van der Waals surface area contributed by atoms with Crippen LogP contribution in [-0.4, -0.2) is 22.8 Å². The number of carboxylic acids is 1. The average molecular weight is 157 g/mol. The summed E-state index contributed by atoms with van der Waals surface area (Å²) in [6, 6.07) is 0. The molecule has 11 heavy (non-hydrogen) atoms. The minimum Gasteiger partial charge on any atom is -0.477 e. The highest BCUT2D eigenvalue weighted by atomic mass is 16.5. The van der Waals surface area contributed by atoms with Gasteiger partial charge in [0, 0.05) is 0 Å². The van der Waals surface area contributed by atoms with E-state index in [1.54, 1.807) is 6.92 Å². The van der Waals surface area contributed by atoms with Crippen LogP contribution in [0, 0.1) is 0 Å². The Labute approximate surface area is 62.6 Å². The van der Waals surface area contributed by atoms with Gasteiger partial charge in [-0.3, -0.25) is 0 Å². The summed E-state index contributed by atoms with van der Waals surface area (Å²) in [6.45, 7) is 2.10. The predicted molar refractivity (Wildman–Crippen MR) is 34.6 cm³/mol. The van der Waals surface area contributed by atoms with E-state index in [2.05, 4.69) is 9.68 Å². The Hall–Kier alpha value is -1.52. The molecule has 1 aromatic heterocycles. The van der Waals surface area contributed by atoms with E-state index in [4.69, 9.17) is 9.84 Å². The number of hydrogen-bond acceptors (Lipinski definition) is 4. The fourth-order valence-corrected chi connectivity index (χ4v) is 0.609. The normalized spacial score (nSPS) is 9.55. The maximum absolute atomic E-state index is 10.4. The number of ether oxygens (including phenoxy) is 1. The van der Waals surface area contributed by atoms with E-state index in [0.29, 0.717) is 6.61 Å². The maximum Gasteiger partial charge on any atom is 0.344 e. The van der Waals surface area contributed by atoms with Gasteiger partial charge in [0.1, 0.15) is 6.26 Å². The van der Waals surface area contributed by atoms with Gasteiger partial charge in [0.25, 0.3) is 5.88 Å². The molecule has 0 amide bonds. The summed E-state index contributed by atoms with van der Waals surface area (Å²) in [6.07, 6.45) is 1.04. The molecule has 60 valence electrons. The molecule has 0 saturated heterocycles. The first-order chi connectivity index (χ1) is 5.25. The zero-order chi connectivity index (χ0) is 8.27. The zero-order valence-electron chi connectivity index (χ0n) is 5.90. The quantitative estimate of drug-likeness (QED) is 0.701. The van der Waals surface area contributed by atoms with Gasteiger partial charge >= 0.3 is 5.97 Å². The number of hydrogen-bond donors (Lipinski definition) is 1. The molecular formula is C6H7NO4. The Bertz CT molecular complexity index is 255. The number of rotatable bonds is 3. The van der Waals surface area contributed by atoms with E-state index in [-0.39, 0.29) is 11.4 Å². The molecule has 1 aromatic rings. The van der Waals surface area contributed by atoms with Crippen molar-refractivity contribution in [1.82, 2.24) is 5.16 Å². The van der Waals surface area contributed by atoms with Crippen molar-refractivity contribution < 1.29 is 19.2 Å². The number of nitrogens with zero attached hydrogens (tertiary/aromatic N) is 1. The summed E-state index contributed by atoms with van der Waals surface area (Å²) in [7, 11) is 0. The van der Waals surface area contributed by atoms with E-state index >= 15 is 0 Å². The van der Waals surface area contributed by atoms with Gasteiger partial charge in [-0.05, 0) is 12.1 Å². The van der Waals surface area contributed by atoms with Gasteiger partial charge in [0.05, 0.1) is 6.61 Å². The fourth-order valence-electron chi connectivity index (χ4n) is 0.609. The van der Waals surface area contributed by atoms with E-state index in [1.807, 2.05) is 0 Å². The minimum atomic E-state index is -1.10. The predicted octanol–water partition coefficient (Wildman–Crippen LogP) is 0.771. The number of aromatic carboxylic acids is 1. The first kappa shape index (κ1) is 7.59. The second kappa shape index (κ2) is 3.05. The lowest BCUT2D eigenvalue weighted by Gasteiger charge is -1.95. The molecule has 0 aliphatic rings. The van der Waals surface area contributed by atoms with E-state index < -0.39 is 5.97 Å². The first-order valence-corrected chi connectivity index (χ1v) is 3.06. The van der Waals surface area contributed by atoms with Crippen molar-refractivity contribution in [2.24, 2.45) is 0 Å². The number of carbonyl (C=O) groups is 1. The van der Waals surface area contributed by atoms with Crippen molar-refractivity contribution in [3.05, 3.63) is 11.8 Å². The second-order valence-electron chi connectivity index (χ2n) is 1.77. The summed E-state index contributed by atoms with van der Waals surface area (Å²) >= 11 is 0. The van der Waals surface area contributed by atoms with Gasteiger partial charge in [-0.1, -0.05) is 0 Å². The van der Waals surface area contributed by atoms with Gasteiger partial charge in [-0.25, -0.2) is 4.79 Å². The van der Waals surface area contributed by atoms with Crippen molar-refractivity contribution >= 4 is 5.97 Å². The summed E-state index contributed by atoms with van der Waals surface area (Å²) in [5.74, 6) is -1.07. The number of aromatic nitrogens is 1. The van der Waals surface area contributed by atoms with Crippen molar-refractivity contribution in [1.29, 1.82) is 0 Å². The smallest absolute Gasteiger partial charge is 0.344 e. The highest BCUT2D eigenvalue weighted by Gasteiger charge is 2.14. The van der Waals surface area contributed by atoms with Crippen LogP contribution in [0.4, 0.5) is 0 Å². The molecule has 0 spiro atoms. The number of carboxylic acid groups (broad SMARTS) is 1. The van der Waals surface area contributed by atoms with E-state index in [1.165, 1.54) is 0 Å². The van der Waals surface area contributed by atoms with Crippen LogP contribution in [-0.2, 0) is 0 Å². The lowest BCUT2D eigenvalue weighted by Crippen LogP contribution is -2.00. The summed E-state index contributed by atoms with van der Waals surface area (Å²) in [4.78, 5) is 10.4. The molecule has 0 unspecified atom stereocenters. The topological polar surface area (TPSA) is 72.6 Å². The van der Waals surface area contributed by atoms with Gasteiger partial charge in [-0.15, -0.1) is 0 Å². The van der Waals surface area contributed by atoms with Crippen LogP contribution in [0.2, 0.25) is 0 Å². The molecule has 0 saturated carbocycles. The highest BCUT2D eigenvalue weighted by molar-refractivity contribution is 5.89. The Morgan fingerprint density at radius 3 is 3.18 bits per heavy atom. The Balaban J connectivity index is 2.87.